The van der Waals surface area contributed by atoms with Crippen LogP contribution < -0.4 is 4.74 Å². The second-order valence-electron chi connectivity index (χ2n) is 8.71. The van der Waals surface area contributed by atoms with Crippen molar-refractivity contribution in [3.63, 3.8) is 0 Å². The molecule has 0 radical (unpaired) electrons. The number of hydrogen-bond donors (Lipinski definition) is 0. The highest BCUT2D eigenvalue weighted by Gasteiger charge is 2.41. The maximum atomic E-state index is 13.3. The third-order valence-electron chi connectivity index (χ3n) is 6.19. The standard InChI is InChI=1S/C28H31N3O5S/c1-19-25(27(33)36-15-14-34-3)26(21-10-12-23(35-4)13-11-21)31-22(18-37-28(31)29-19)16-24(32)30(2)17-20-8-6-5-7-9-20/h5-13,18,26H,14-17H2,1-4H3/t26-/m1/s1. The van der Waals surface area contributed by atoms with E-state index in [0.29, 0.717) is 30.2 Å². The van der Waals surface area contributed by atoms with Crippen molar-refractivity contribution in [3.05, 3.63) is 88.1 Å². The molecule has 0 spiro atoms. The summed E-state index contributed by atoms with van der Waals surface area (Å²) in [5, 5.41) is 2.66. The minimum Gasteiger partial charge on any atom is -0.497 e. The molecule has 0 N–H and O–H groups in total. The summed E-state index contributed by atoms with van der Waals surface area (Å²) in [6.07, 6.45) is 0.174. The second kappa shape index (κ2) is 12.1. The molecular formula is C28H31N3O5S. The van der Waals surface area contributed by atoms with Crippen LogP contribution in [0.3, 0.4) is 0 Å². The average Bonchev–Trinajstić information content (AvgIpc) is 3.30. The Labute approximate surface area is 221 Å². The van der Waals surface area contributed by atoms with E-state index in [1.807, 2.05) is 71.8 Å². The summed E-state index contributed by atoms with van der Waals surface area (Å²) in [6.45, 7) is 2.76. The lowest BCUT2D eigenvalue weighted by atomic mass is 9.93. The number of rotatable bonds is 10. The Morgan fingerprint density at radius 1 is 1.05 bits per heavy atom. The van der Waals surface area contributed by atoms with Crippen molar-refractivity contribution in [2.45, 2.75) is 25.9 Å². The highest BCUT2D eigenvalue weighted by atomic mass is 32.2. The quantitative estimate of drug-likeness (QED) is 0.336. The number of aliphatic imine (C=N–C) groups is 1. The molecule has 2 heterocycles. The molecule has 0 aliphatic carbocycles. The SMILES string of the molecule is COCCOC(=O)C1=C(C)N=C2SC=C(CC(=O)N(C)Cc3ccccc3)N2[C@@H]1c1ccc(OC)cc1. The minimum absolute atomic E-state index is 0.0269. The number of methoxy groups -OCH3 is 2. The Bertz CT molecular complexity index is 1220. The van der Waals surface area contributed by atoms with Crippen LogP contribution in [0.25, 0.3) is 0 Å². The molecule has 2 aromatic carbocycles. The normalized spacial score (nSPS) is 16.6. The van der Waals surface area contributed by atoms with Crippen LogP contribution in [0.5, 0.6) is 5.75 Å². The first-order valence-corrected chi connectivity index (χ1v) is 12.8. The fourth-order valence-electron chi connectivity index (χ4n) is 4.26. The van der Waals surface area contributed by atoms with Gasteiger partial charge in [-0.15, -0.1) is 0 Å². The van der Waals surface area contributed by atoms with Crippen LogP contribution in [0.1, 0.15) is 30.5 Å². The number of amides is 1. The first kappa shape index (κ1) is 26.5. The summed E-state index contributed by atoms with van der Waals surface area (Å²) >= 11 is 1.45. The van der Waals surface area contributed by atoms with Gasteiger partial charge in [-0.2, -0.15) is 0 Å². The third kappa shape index (κ3) is 6.06. The first-order chi connectivity index (χ1) is 17.9. The summed E-state index contributed by atoms with van der Waals surface area (Å²) in [6, 6.07) is 16.9. The Morgan fingerprint density at radius 2 is 1.78 bits per heavy atom. The molecule has 2 aromatic rings. The zero-order chi connectivity index (χ0) is 26.4. The predicted octanol–water partition coefficient (Wildman–Crippen LogP) is 4.51. The second-order valence-corrected chi connectivity index (χ2v) is 9.54. The van der Waals surface area contributed by atoms with Gasteiger partial charge in [-0.3, -0.25) is 4.79 Å². The van der Waals surface area contributed by atoms with E-state index in [1.165, 1.54) is 11.8 Å². The van der Waals surface area contributed by atoms with Crippen LogP contribution in [0, 0.1) is 0 Å². The number of allylic oxidation sites excluding steroid dienone is 1. The van der Waals surface area contributed by atoms with Crippen molar-refractivity contribution >= 4 is 28.8 Å². The fourth-order valence-corrected chi connectivity index (χ4v) is 5.23. The lowest BCUT2D eigenvalue weighted by Gasteiger charge is -2.36. The van der Waals surface area contributed by atoms with E-state index >= 15 is 0 Å². The van der Waals surface area contributed by atoms with Gasteiger partial charge in [-0.25, -0.2) is 9.79 Å². The van der Waals surface area contributed by atoms with Crippen LogP contribution >= 0.6 is 11.8 Å². The monoisotopic (exact) mass is 521 g/mol. The van der Waals surface area contributed by atoms with Crippen molar-refractivity contribution in [1.29, 1.82) is 0 Å². The van der Waals surface area contributed by atoms with Gasteiger partial charge < -0.3 is 24.0 Å². The van der Waals surface area contributed by atoms with Crippen LogP contribution in [-0.4, -0.2) is 61.3 Å². The Morgan fingerprint density at radius 3 is 2.46 bits per heavy atom. The Balaban J connectivity index is 1.62. The molecular weight excluding hydrogens is 490 g/mol. The summed E-state index contributed by atoms with van der Waals surface area (Å²) in [4.78, 5) is 34.9. The number of amidine groups is 1. The van der Waals surface area contributed by atoms with Gasteiger partial charge in [0.15, 0.2) is 5.17 Å². The van der Waals surface area contributed by atoms with E-state index in [4.69, 9.17) is 19.2 Å². The summed E-state index contributed by atoms with van der Waals surface area (Å²) in [7, 11) is 4.96. The van der Waals surface area contributed by atoms with E-state index in [0.717, 1.165) is 22.0 Å². The fraction of sp³-hybridized carbons (Fsp3) is 0.321. The van der Waals surface area contributed by atoms with Crippen LogP contribution in [0.2, 0.25) is 0 Å². The van der Waals surface area contributed by atoms with Crippen LogP contribution in [0.15, 0.2) is 82.0 Å². The maximum Gasteiger partial charge on any atom is 0.338 e. The van der Waals surface area contributed by atoms with E-state index < -0.39 is 12.0 Å². The van der Waals surface area contributed by atoms with Gasteiger partial charge in [-0.1, -0.05) is 54.2 Å². The number of fused-ring (bicyclic) bond motifs is 1. The summed E-state index contributed by atoms with van der Waals surface area (Å²) in [5.74, 6) is 0.227. The molecule has 1 amide bonds. The van der Waals surface area contributed by atoms with E-state index in [1.54, 1.807) is 26.2 Å². The van der Waals surface area contributed by atoms with Crippen molar-refractivity contribution in [3.8, 4) is 5.75 Å². The predicted molar refractivity (Wildman–Crippen MR) is 144 cm³/mol. The summed E-state index contributed by atoms with van der Waals surface area (Å²) in [5.41, 5.74) is 3.73. The lowest BCUT2D eigenvalue weighted by molar-refractivity contribution is -0.141. The minimum atomic E-state index is -0.498. The van der Waals surface area contributed by atoms with Gasteiger partial charge >= 0.3 is 5.97 Å². The van der Waals surface area contributed by atoms with Gasteiger partial charge in [0, 0.05) is 26.4 Å². The number of carbonyl (C=O) groups is 2. The number of carbonyl (C=O) groups excluding carboxylic acids is 2. The van der Waals surface area contributed by atoms with Crippen LogP contribution in [-0.2, 0) is 25.6 Å². The maximum absolute atomic E-state index is 13.3. The molecule has 0 unspecified atom stereocenters. The molecule has 2 aliphatic heterocycles. The van der Waals surface area contributed by atoms with Gasteiger partial charge in [0.1, 0.15) is 12.4 Å². The number of esters is 1. The third-order valence-corrected chi connectivity index (χ3v) is 7.08. The summed E-state index contributed by atoms with van der Waals surface area (Å²) < 4.78 is 15.9. The van der Waals surface area contributed by atoms with Crippen molar-refractivity contribution in [2.24, 2.45) is 4.99 Å². The lowest BCUT2D eigenvalue weighted by Crippen LogP contribution is -2.38. The van der Waals surface area contributed by atoms with Crippen molar-refractivity contribution < 1.29 is 23.8 Å². The molecule has 0 saturated carbocycles. The molecule has 2 aliphatic rings. The molecule has 0 saturated heterocycles. The number of nitrogens with zero attached hydrogens (tertiary/aromatic N) is 3. The first-order valence-electron chi connectivity index (χ1n) is 11.9. The molecule has 8 nitrogen and oxygen atoms in total. The molecule has 1 atom stereocenters. The smallest absolute Gasteiger partial charge is 0.338 e. The van der Waals surface area contributed by atoms with Gasteiger partial charge in [0.25, 0.3) is 0 Å². The number of hydrogen-bond acceptors (Lipinski definition) is 8. The Hall–Kier alpha value is -3.56. The highest BCUT2D eigenvalue weighted by molar-refractivity contribution is 8.16. The van der Waals surface area contributed by atoms with E-state index in [9.17, 15) is 9.59 Å². The van der Waals surface area contributed by atoms with Crippen molar-refractivity contribution in [1.82, 2.24) is 9.80 Å². The number of benzene rings is 2. The Kier molecular flexibility index (Phi) is 8.68. The molecule has 194 valence electrons. The number of ether oxygens (including phenoxy) is 3. The van der Waals surface area contributed by atoms with Crippen LogP contribution in [0.4, 0.5) is 0 Å². The van der Waals surface area contributed by atoms with Gasteiger partial charge in [0.05, 0.1) is 37.4 Å². The van der Waals surface area contributed by atoms with E-state index in [-0.39, 0.29) is 18.9 Å². The molecule has 0 aromatic heterocycles. The molecule has 9 heteroatoms. The molecule has 0 bridgehead atoms. The van der Waals surface area contributed by atoms with Gasteiger partial charge in [0.2, 0.25) is 5.91 Å². The topological polar surface area (TPSA) is 80.7 Å². The zero-order valence-electron chi connectivity index (χ0n) is 21.5. The highest BCUT2D eigenvalue weighted by Crippen LogP contribution is 2.45. The average molecular weight is 522 g/mol. The largest absolute Gasteiger partial charge is 0.497 e. The zero-order valence-corrected chi connectivity index (χ0v) is 22.3. The number of thioether (sulfide) groups is 1. The molecule has 0 fully saturated rings. The van der Waals surface area contributed by atoms with E-state index in [2.05, 4.69) is 0 Å². The van der Waals surface area contributed by atoms with Crippen molar-refractivity contribution in [2.75, 3.05) is 34.5 Å². The van der Waals surface area contributed by atoms with Gasteiger partial charge in [-0.05, 0) is 35.6 Å². The molecule has 37 heavy (non-hydrogen) atoms. The molecule has 4 rings (SSSR count).